The van der Waals surface area contributed by atoms with E-state index < -0.39 is 11.8 Å². The second kappa shape index (κ2) is 6.33. The Morgan fingerprint density at radius 1 is 1.20 bits per heavy atom. The van der Waals surface area contributed by atoms with Crippen molar-refractivity contribution in [3.63, 3.8) is 0 Å². The zero-order valence-electron chi connectivity index (χ0n) is 10.8. The number of hydrogen-bond donors (Lipinski definition) is 2. The number of hydrazone groups is 1. The van der Waals surface area contributed by atoms with Crippen LogP contribution in [0.15, 0.2) is 52.2 Å². The van der Waals surface area contributed by atoms with Crippen LogP contribution in [0, 0.1) is 6.92 Å². The molecule has 0 aliphatic rings. The predicted molar refractivity (Wildman–Crippen MR) is 74.3 cm³/mol. The summed E-state index contributed by atoms with van der Waals surface area (Å²) in [5.74, 6) is -1.16. The maximum atomic E-state index is 11.6. The summed E-state index contributed by atoms with van der Waals surface area (Å²) in [6.07, 6.45) is 2.78. The van der Waals surface area contributed by atoms with E-state index in [9.17, 15) is 9.59 Å². The molecular formula is C14H13N3O3. The van der Waals surface area contributed by atoms with E-state index >= 15 is 0 Å². The van der Waals surface area contributed by atoms with Gasteiger partial charge in [-0.05, 0) is 36.8 Å². The van der Waals surface area contributed by atoms with Crippen LogP contribution in [0.5, 0.6) is 0 Å². The Balaban J connectivity index is 1.87. The Morgan fingerprint density at radius 2 is 2.05 bits per heavy atom. The average Bonchev–Trinajstić information content (AvgIpc) is 2.91. The summed E-state index contributed by atoms with van der Waals surface area (Å²) in [6, 6.07) is 10.5. The molecule has 102 valence electrons. The third kappa shape index (κ3) is 3.81. The predicted octanol–water partition coefficient (Wildman–Crippen LogP) is 1.68. The number of aryl methyl sites for hydroxylation is 1. The average molecular weight is 271 g/mol. The summed E-state index contributed by atoms with van der Waals surface area (Å²) in [4.78, 5) is 23.1. The van der Waals surface area contributed by atoms with Gasteiger partial charge in [-0.25, -0.2) is 5.43 Å². The first-order valence-corrected chi connectivity index (χ1v) is 5.90. The van der Waals surface area contributed by atoms with E-state index in [-0.39, 0.29) is 0 Å². The van der Waals surface area contributed by atoms with Gasteiger partial charge in [0, 0.05) is 5.69 Å². The van der Waals surface area contributed by atoms with E-state index in [1.54, 1.807) is 30.3 Å². The van der Waals surface area contributed by atoms with Crippen molar-refractivity contribution < 1.29 is 14.0 Å². The van der Waals surface area contributed by atoms with Crippen LogP contribution in [-0.4, -0.2) is 18.0 Å². The molecule has 1 heterocycles. The number of nitrogens with zero attached hydrogens (tertiary/aromatic N) is 1. The van der Waals surface area contributed by atoms with Crippen molar-refractivity contribution in [2.75, 3.05) is 5.32 Å². The van der Waals surface area contributed by atoms with Crippen LogP contribution in [0.3, 0.4) is 0 Å². The molecule has 0 saturated carbocycles. The summed E-state index contributed by atoms with van der Waals surface area (Å²) in [6.45, 7) is 1.89. The zero-order chi connectivity index (χ0) is 14.4. The number of anilines is 1. The summed E-state index contributed by atoms with van der Waals surface area (Å²) >= 11 is 0. The van der Waals surface area contributed by atoms with Gasteiger partial charge in [0.1, 0.15) is 5.76 Å². The Kier molecular flexibility index (Phi) is 4.28. The van der Waals surface area contributed by atoms with E-state index in [1.807, 2.05) is 13.0 Å². The summed E-state index contributed by atoms with van der Waals surface area (Å²) in [7, 11) is 0. The fourth-order valence-electron chi connectivity index (χ4n) is 1.48. The monoisotopic (exact) mass is 271 g/mol. The van der Waals surface area contributed by atoms with Crippen LogP contribution in [0.4, 0.5) is 5.69 Å². The maximum Gasteiger partial charge on any atom is 0.329 e. The number of furan rings is 1. The smallest absolute Gasteiger partial charge is 0.329 e. The van der Waals surface area contributed by atoms with Gasteiger partial charge in [0.05, 0.1) is 12.5 Å². The van der Waals surface area contributed by atoms with Gasteiger partial charge < -0.3 is 9.73 Å². The van der Waals surface area contributed by atoms with Gasteiger partial charge in [-0.3, -0.25) is 9.59 Å². The third-order valence-corrected chi connectivity index (χ3v) is 2.38. The van der Waals surface area contributed by atoms with Crippen LogP contribution in [0.2, 0.25) is 0 Å². The Morgan fingerprint density at radius 3 is 2.75 bits per heavy atom. The van der Waals surface area contributed by atoms with Crippen molar-refractivity contribution in [1.29, 1.82) is 0 Å². The molecule has 2 aromatic rings. The number of carbonyl (C=O) groups is 2. The van der Waals surface area contributed by atoms with Crippen LogP contribution in [-0.2, 0) is 9.59 Å². The van der Waals surface area contributed by atoms with E-state index in [1.165, 1.54) is 12.5 Å². The molecule has 0 aliphatic heterocycles. The number of rotatable bonds is 3. The Bertz CT molecular complexity index is 633. The standard InChI is InChI=1S/C14H13N3O3/c1-10-4-2-5-11(8-10)16-13(18)14(19)17-15-9-12-6-3-7-20-12/h2-9H,1H3,(H,16,18)(H,17,19)/b15-9+. The van der Waals surface area contributed by atoms with Crippen LogP contribution >= 0.6 is 0 Å². The van der Waals surface area contributed by atoms with Gasteiger partial charge in [-0.1, -0.05) is 12.1 Å². The lowest BCUT2D eigenvalue weighted by Gasteiger charge is -2.04. The van der Waals surface area contributed by atoms with Crippen molar-refractivity contribution in [1.82, 2.24) is 5.43 Å². The summed E-state index contributed by atoms with van der Waals surface area (Å²) < 4.78 is 4.98. The fraction of sp³-hybridized carbons (Fsp3) is 0.0714. The number of carbonyl (C=O) groups excluding carboxylic acids is 2. The number of amides is 2. The second-order valence-electron chi connectivity index (χ2n) is 4.04. The highest BCUT2D eigenvalue weighted by molar-refractivity contribution is 6.39. The lowest BCUT2D eigenvalue weighted by atomic mass is 10.2. The minimum atomic E-state index is -0.852. The van der Waals surface area contributed by atoms with Crippen LogP contribution in [0.25, 0.3) is 0 Å². The van der Waals surface area contributed by atoms with Gasteiger partial charge in [-0.15, -0.1) is 0 Å². The van der Waals surface area contributed by atoms with E-state index in [4.69, 9.17) is 4.42 Å². The first-order valence-electron chi connectivity index (χ1n) is 5.90. The summed E-state index contributed by atoms with van der Waals surface area (Å²) in [5, 5.41) is 6.09. The third-order valence-electron chi connectivity index (χ3n) is 2.38. The minimum absolute atomic E-state index is 0.476. The molecular weight excluding hydrogens is 258 g/mol. The lowest BCUT2D eigenvalue weighted by Crippen LogP contribution is -2.32. The molecule has 2 N–H and O–H groups in total. The van der Waals surface area contributed by atoms with Crippen molar-refractivity contribution in [3.05, 3.63) is 54.0 Å². The van der Waals surface area contributed by atoms with Gasteiger partial charge >= 0.3 is 11.8 Å². The molecule has 20 heavy (non-hydrogen) atoms. The molecule has 2 amide bonds. The largest absolute Gasteiger partial charge is 0.463 e. The van der Waals surface area contributed by atoms with Crippen molar-refractivity contribution in [2.45, 2.75) is 6.92 Å². The fourth-order valence-corrected chi connectivity index (χ4v) is 1.48. The summed E-state index contributed by atoms with van der Waals surface area (Å²) in [5.41, 5.74) is 3.65. The topological polar surface area (TPSA) is 83.7 Å². The highest BCUT2D eigenvalue weighted by atomic mass is 16.3. The molecule has 0 bridgehead atoms. The van der Waals surface area contributed by atoms with Crippen molar-refractivity contribution in [3.8, 4) is 0 Å². The Labute approximate surface area is 115 Å². The van der Waals surface area contributed by atoms with E-state index in [2.05, 4.69) is 15.8 Å². The van der Waals surface area contributed by atoms with Gasteiger partial charge in [0.25, 0.3) is 0 Å². The minimum Gasteiger partial charge on any atom is -0.463 e. The molecule has 0 atom stereocenters. The second-order valence-corrected chi connectivity index (χ2v) is 4.04. The molecule has 1 aromatic carbocycles. The molecule has 1 aromatic heterocycles. The first kappa shape index (κ1) is 13.5. The SMILES string of the molecule is Cc1cccc(NC(=O)C(=O)N/N=C/c2ccco2)c1. The molecule has 6 nitrogen and oxygen atoms in total. The van der Waals surface area contributed by atoms with Gasteiger partial charge in [0.15, 0.2) is 0 Å². The van der Waals surface area contributed by atoms with Gasteiger partial charge in [-0.2, -0.15) is 5.10 Å². The maximum absolute atomic E-state index is 11.6. The molecule has 0 saturated heterocycles. The highest BCUT2D eigenvalue weighted by Gasteiger charge is 2.12. The Hall–Kier alpha value is -2.89. The number of nitrogens with one attached hydrogen (secondary N) is 2. The molecule has 6 heteroatoms. The van der Waals surface area contributed by atoms with E-state index in [0.29, 0.717) is 11.4 Å². The molecule has 0 radical (unpaired) electrons. The quantitative estimate of drug-likeness (QED) is 0.506. The molecule has 0 unspecified atom stereocenters. The number of hydrogen-bond acceptors (Lipinski definition) is 4. The molecule has 0 spiro atoms. The molecule has 0 aliphatic carbocycles. The van der Waals surface area contributed by atoms with Crippen LogP contribution in [0.1, 0.15) is 11.3 Å². The van der Waals surface area contributed by atoms with Crippen molar-refractivity contribution >= 4 is 23.7 Å². The lowest BCUT2D eigenvalue weighted by molar-refractivity contribution is -0.136. The van der Waals surface area contributed by atoms with Crippen molar-refractivity contribution in [2.24, 2.45) is 5.10 Å². The molecule has 2 rings (SSSR count). The first-order chi connectivity index (χ1) is 9.65. The van der Waals surface area contributed by atoms with E-state index in [0.717, 1.165) is 5.56 Å². The highest BCUT2D eigenvalue weighted by Crippen LogP contribution is 2.08. The zero-order valence-corrected chi connectivity index (χ0v) is 10.8. The van der Waals surface area contributed by atoms with Crippen LogP contribution < -0.4 is 10.7 Å². The number of benzene rings is 1. The molecule has 0 fully saturated rings. The normalized spacial score (nSPS) is 10.4. The van der Waals surface area contributed by atoms with Gasteiger partial charge in [0.2, 0.25) is 0 Å².